The quantitative estimate of drug-likeness (QED) is 0.517. The number of nitrogens with zero attached hydrogens (tertiary/aromatic N) is 1. The highest BCUT2D eigenvalue weighted by atomic mass is 32.2. The van der Waals surface area contributed by atoms with Crippen LogP contribution >= 0.6 is 11.8 Å². The molecule has 0 aliphatic carbocycles. The van der Waals surface area contributed by atoms with Gasteiger partial charge in [0.1, 0.15) is 0 Å². The minimum Gasteiger partial charge on any atom is -0.452 e. The molecule has 1 heterocycles. The molecular formula is C25H24N2O3S. The number of amides is 1. The number of carbonyl (C=O) groups excluding carboxylic acids is 2. The largest absolute Gasteiger partial charge is 0.452 e. The van der Waals surface area contributed by atoms with Crippen molar-refractivity contribution in [3.8, 4) is 0 Å². The molecule has 1 aliphatic rings. The summed E-state index contributed by atoms with van der Waals surface area (Å²) in [6.45, 7) is 4.04. The summed E-state index contributed by atoms with van der Waals surface area (Å²) in [5, 5.41) is 2.78. The number of aryl methyl sites for hydroxylation is 1. The molecule has 158 valence electrons. The molecule has 5 nitrogen and oxygen atoms in total. The van der Waals surface area contributed by atoms with E-state index in [2.05, 4.69) is 34.5 Å². The zero-order valence-electron chi connectivity index (χ0n) is 17.5. The van der Waals surface area contributed by atoms with Crippen molar-refractivity contribution in [3.05, 3.63) is 78.4 Å². The molecule has 1 N–H and O–H groups in total. The molecule has 1 atom stereocenters. The van der Waals surface area contributed by atoms with Crippen LogP contribution in [0.4, 0.5) is 17.1 Å². The topological polar surface area (TPSA) is 58.6 Å². The van der Waals surface area contributed by atoms with Gasteiger partial charge in [0, 0.05) is 22.0 Å². The fraction of sp³-hybridized carbons (Fsp3) is 0.200. The lowest BCUT2D eigenvalue weighted by Gasteiger charge is -2.32. The molecular weight excluding hydrogens is 408 g/mol. The van der Waals surface area contributed by atoms with E-state index >= 15 is 0 Å². The molecule has 0 spiro atoms. The van der Waals surface area contributed by atoms with E-state index in [1.54, 1.807) is 18.7 Å². The number of anilines is 3. The SMILES string of the molecule is Cc1ccc(NC(=O)[C@@H](C)OC(=O)CCN2c3ccccc3Sc3ccccc32)cc1. The number of ether oxygens (including phenoxy) is 1. The van der Waals surface area contributed by atoms with Crippen LogP contribution in [0.2, 0.25) is 0 Å². The highest BCUT2D eigenvalue weighted by molar-refractivity contribution is 7.99. The number of fused-ring (bicyclic) bond motifs is 2. The number of hydrogen-bond acceptors (Lipinski definition) is 5. The Bertz CT molecular complexity index is 1050. The van der Waals surface area contributed by atoms with Gasteiger partial charge in [-0.3, -0.25) is 9.59 Å². The Balaban J connectivity index is 1.38. The Morgan fingerprint density at radius 2 is 1.52 bits per heavy atom. The second-order valence-electron chi connectivity index (χ2n) is 7.43. The van der Waals surface area contributed by atoms with E-state index in [0.29, 0.717) is 12.2 Å². The van der Waals surface area contributed by atoms with Crippen LogP contribution in [0, 0.1) is 6.92 Å². The fourth-order valence-corrected chi connectivity index (χ4v) is 4.51. The van der Waals surface area contributed by atoms with Gasteiger partial charge in [-0.1, -0.05) is 53.7 Å². The summed E-state index contributed by atoms with van der Waals surface area (Å²) >= 11 is 1.73. The van der Waals surface area contributed by atoms with E-state index in [9.17, 15) is 9.59 Å². The molecule has 0 saturated heterocycles. The van der Waals surface area contributed by atoms with Gasteiger partial charge in [-0.05, 0) is 50.2 Å². The molecule has 0 radical (unpaired) electrons. The van der Waals surface area contributed by atoms with Gasteiger partial charge < -0.3 is 15.0 Å². The maximum absolute atomic E-state index is 12.5. The molecule has 0 bridgehead atoms. The molecule has 0 saturated carbocycles. The third-order valence-electron chi connectivity index (χ3n) is 5.07. The predicted molar refractivity (Wildman–Crippen MR) is 124 cm³/mol. The van der Waals surface area contributed by atoms with Gasteiger partial charge in [-0.2, -0.15) is 0 Å². The third kappa shape index (κ3) is 4.91. The first-order valence-corrected chi connectivity index (χ1v) is 11.0. The lowest BCUT2D eigenvalue weighted by Crippen LogP contribution is -2.31. The summed E-state index contributed by atoms with van der Waals surface area (Å²) in [5.41, 5.74) is 3.93. The number of rotatable bonds is 6. The van der Waals surface area contributed by atoms with Gasteiger partial charge >= 0.3 is 5.97 Å². The van der Waals surface area contributed by atoms with Crippen LogP contribution in [-0.2, 0) is 14.3 Å². The summed E-state index contributed by atoms with van der Waals surface area (Å²) in [5.74, 6) is -0.748. The lowest BCUT2D eigenvalue weighted by atomic mass is 10.2. The van der Waals surface area contributed by atoms with E-state index < -0.39 is 12.1 Å². The van der Waals surface area contributed by atoms with Gasteiger partial charge in [0.2, 0.25) is 0 Å². The number of hydrogen-bond donors (Lipinski definition) is 1. The van der Waals surface area contributed by atoms with Crippen LogP contribution in [0.25, 0.3) is 0 Å². The monoisotopic (exact) mass is 432 g/mol. The van der Waals surface area contributed by atoms with E-state index in [1.807, 2.05) is 55.5 Å². The maximum atomic E-state index is 12.5. The van der Waals surface area contributed by atoms with Crippen LogP contribution in [0.15, 0.2) is 82.6 Å². The Morgan fingerprint density at radius 3 is 2.13 bits per heavy atom. The Kier molecular flexibility index (Phi) is 6.28. The first-order valence-electron chi connectivity index (χ1n) is 10.2. The second kappa shape index (κ2) is 9.27. The third-order valence-corrected chi connectivity index (χ3v) is 6.20. The molecule has 4 rings (SSSR count). The predicted octanol–water partition coefficient (Wildman–Crippen LogP) is 5.56. The number of nitrogens with one attached hydrogen (secondary N) is 1. The number of para-hydroxylation sites is 2. The Morgan fingerprint density at radius 1 is 0.935 bits per heavy atom. The molecule has 0 aromatic heterocycles. The highest BCUT2D eigenvalue weighted by Crippen LogP contribution is 2.47. The van der Waals surface area contributed by atoms with Gasteiger partial charge in [0.15, 0.2) is 6.10 Å². The van der Waals surface area contributed by atoms with Crippen LogP contribution < -0.4 is 10.2 Å². The van der Waals surface area contributed by atoms with Crippen LogP contribution in [0.3, 0.4) is 0 Å². The van der Waals surface area contributed by atoms with Crippen LogP contribution in [-0.4, -0.2) is 24.5 Å². The van der Waals surface area contributed by atoms with Gasteiger partial charge in [0.25, 0.3) is 5.91 Å². The number of carbonyl (C=O) groups is 2. The van der Waals surface area contributed by atoms with Gasteiger partial charge in [0.05, 0.1) is 17.8 Å². The van der Waals surface area contributed by atoms with E-state index in [4.69, 9.17) is 4.74 Å². The van der Waals surface area contributed by atoms with Crippen LogP contribution in [0.5, 0.6) is 0 Å². The fourth-order valence-electron chi connectivity index (χ4n) is 3.42. The van der Waals surface area contributed by atoms with Crippen molar-refractivity contribution < 1.29 is 14.3 Å². The van der Waals surface area contributed by atoms with Crippen molar-refractivity contribution in [1.82, 2.24) is 0 Å². The zero-order chi connectivity index (χ0) is 21.8. The average molecular weight is 433 g/mol. The van der Waals surface area contributed by atoms with Gasteiger partial charge in [-0.15, -0.1) is 0 Å². The Labute approximate surface area is 186 Å². The zero-order valence-corrected chi connectivity index (χ0v) is 18.3. The smallest absolute Gasteiger partial charge is 0.308 e. The molecule has 6 heteroatoms. The molecule has 0 fully saturated rings. The van der Waals surface area contributed by atoms with Crippen LogP contribution in [0.1, 0.15) is 18.9 Å². The van der Waals surface area contributed by atoms with Crippen molar-refractivity contribution in [2.75, 3.05) is 16.8 Å². The van der Waals surface area contributed by atoms with E-state index in [0.717, 1.165) is 26.7 Å². The minimum atomic E-state index is -0.870. The van der Waals surface area contributed by atoms with Gasteiger partial charge in [-0.25, -0.2) is 0 Å². The van der Waals surface area contributed by atoms with Crippen molar-refractivity contribution in [2.45, 2.75) is 36.2 Å². The standard InChI is InChI=1S/C25H24N2O3S/c1-17-11-13-19(14-12-17)26-25(29)18(2)30-24(28)15-16-27-20-7-3-5-9-22(20)31-23-10-6-4-8-21(23)27/h3-14,18H,15-16H2,1-2H3,(H,26,29)/t18-/m1/s1. The lowest BCUT2D eigenvalue weighted by molar-refractivity contribution is -0.152. The Hall–Kier alpha value is -3.25. The average Bonchev–Trinajstić information content (AvgIpc) is 2.78. The molecule has 3 aromatic carbocycles. The second-order valence-corrected chi connectivity index (χ2v) is 8.51. The summed E-state index contributed by atoms with van der Waals surface area (Å²) in [7, 11) is 0. The first kappa shape index (κ1) is 21.0. The van der Waals surface area contributed by atoms with Crippen molar-refractivity contribution in [3.63, 3.8) is 0 Å². The summed E-state index contributed by atoms with van der Waals surface area (Å²) in [6, 6.07) is 23.8. The summed E-state index contributed by atoms with van der Waals surface area (Å²) in [6.07, 6.45) is -0.694. The summed E-state index contributed by atoms with van der Waals surface area (Å²) in [4.78, 5) is 29.3. The highest BCUT2D eigenvalue weighted by Gasteiger charge is 2.24. The summed E-state index contributed by atoms with van der Waals surface area (Å²) < 4.78 is 5.39. The van der Waals surface area contributed by atoms with E-state index in [1.165, 1.54) is 0 Å². The minimum absolute atomic E-state index is 0.176. The molecule has 0 unspecified atom stereocenters. The number of esters is 1. The normalized spacial score (nSPS) is 13.0. The van der Waals surface area contributed by atoms with Crippen molar-refractivity contribution >= 4 is 40.7 Å². The van der Waals surface area contributed by atoms with E-state index in [-0.39, 0.29) is 12.3 Å². The molecule has 1 amide bonds. The molecule has 31 heavy (non-hydrogen) atoms. The maximum Gasteiger partial charge on any atom is 0.308 e. The van der Waals surface area contributed by atoms with Crippen molar-refractivity contribution in [1.29, 1.82) is 0 Å². The number of benzene rings is 3. The molecule has 3 aromatic rings. The van der Waals surface area contributed by atoms with Crippen molar-refractivity contribution in [2.24, 2.45) is 0 Å². The first-order chi connectivity index (χ1) is 15.0. The molecule has 1 aliphatic heterocycles.